The maximum absolute atomic E-state index is 4.42. The zero-order valence-electron chi connectivity index (χ0n) is 11.0. The van der Waals surface area contributed by atoms with Crippen molar-refractivity contribution >= 4 is 17.3 Å². The lowest BCUT2D eigenvalue weighted by atomic mass is 10.2. The maximum Gasteiger partial charge on any atom is 0.225 e. The second-order valence-corrected chi connectivity index (χ2v) is 5.15. The van der Waals surface area contributed by atoms with Crippen LogP contribution in [0, 0.1) is 6.92 Å². The molecule has 0 bridgehead atoms. The van der Waals surface area contributed by atoms with E-state index in [1.165, 1.54) is 10.4 Å². The highest BCUT2D eigenvalue weighted by Gasteiger charge is 2.07. The quantitative estimate of drug-likeness (QED) is 0.896. The van der Waals surface area contributed by atoms with Crippen LogP contribution in [0.15, 0.2) is 23.8 Å². The second kappa shape index (κ2) is 5.93. The number of hydrogen-bond acceptors (Lipinski definition) is 5. The summed E-state index contributed by atoms with van der Waals surface area (Å²) in [4.78, 5) is 12.1. The molecule has 0 unspecified atom stereocenters. The van der Waals surface area contributed by atoms with Crippen molar-refractivity contribution < 1.29 is 0 Å². The molecule has 2 aromatic heterocycles. The molecule has 0 aliphatic carbocycles. The number of nitrogens with zero attached hydrogens (tertiary/aromatic N) is 3. The smallest absolute Gasteiger partial charge is 0.225 e. The van der Waals surface area contributed by atoms with Crippen molar-refractivity contribution in [3.8, 4) is 10.4 Å². The molecular formula is C13H18N4S. The van der Waals surface area contributed by atoms with Crippen LogP contribution in [-0.2, 0) is 0 Å². The summed E-state index contributed by atoms with van der Waals surface area (Å²) in [5, 5.41) is 5.21. The third-order valence-electron chi connectivity index (χ3n) is 2.80. The van der Waals surface area contributed by atoms with Gasteiger partial charge in [-0.15, -0.1) is 11.3 Å². The summed E-state index contributed by atoms with van der Waals surface area (Å²) in [6.45, 7) is 3.93. The number of aromatic nitrogens is 2. The molecule has 0 atom stereocenters. The van der Waals surface area contributed by atoms with Crippen molar-refractivity contribution in [3.05, 3.63) is 29.4 Å². The first kappa shape index (κ1) is 13.0. The lowest BCUT2D eigenvalue weighted by molar-refractivity contribution is 0.753. The Kier molecular flexibility index (Phi) is 4.28. The van der Waals surface area contributed by atoms with Gasteiger partial charge < -0.3 is 10.2 Å². The van der Waals surface area contributed by atoms with Gasteiger partial charge in [0.15, 0.2) is 0 Å². The lowest BCUT2D eigenvalue weighted by Gasteiger charge is -2.16. The minimum atomic E-state index is 0.767. The number of aryl methyl sites for hydroxylation is 1. The molecule has 0 saturated heterocycles. The van der Waals surface area contributed by atoms with Gasteiger partial charge in [-0.1, -0.05) is 0 Å². The predicted molar refractivity (Wildman–Crippen MR) is 77.3 cm³/mol. The van der Waals surface area contributed by atoms with Crippen LogP contribution in [0.3, 0.4) is 0 Å². The van der Waals surface area contributed by atoms with E-state index in [4.69, 9.17) is 0 Å². The Balaban J connectivity index is 2.13. The first-order valence-electron chi connectivity index (χ1n) is 5.94. The Morgan fingerprint density at radius 2 is 2.06 bits per heavy atom. The molecule has 4 nitrogen and oxygen atoms in total. The van der Waals surface area contributed by atoms with Crippen molar-refractivity contribution in [1.29, 1.82) is 0 Å². The summed E-state index contributed by atoms with van der Waals surface area (Å²) in [5.41, 5.74) is 2.37. The summed E-state index contributed by atoms with van der Waals surface area (Å²) in [6.07, 6.45) is 3.80. The van der Waals surface area contributed by atoms with Crippen LogP contribution in [0.1, 0.15) is 5.56 Å². The van der Waals surface area contributed by atoms with Gasteiger partial charge in [-0.2, -0.15) is 0 Å². The SMILES string of the molecule is CNCCN(C)c1ncc(-c2sccc2C)cn1. The van der Waals surface area contributed by atoms with E-state index < -0.39 is 0 Å². The van der Waals surface area contributed by atoms with Crippen LogP contribution in [0.2, 0.25) is 0 Å². The summed E-state index contributed by atoms with van der Waals surface area (Å²) < 4.78 is 0. The average molecular weight is 262 g/mol. The number of likely N-dealkylation sites (N-methyl/N-ethyl adjacent to an activating group) is 2. The van der Waals surface area contributed by atoms with Gasteiger partial charge in [-0.05, 0) is 31.0 Å². The summed E-state index contributed by atoms with van der Waals surface area (Å²) >= 11 is 1.73. The Morgan fingerprint density at radius 1 is 1.33 bits per heavy atom. The summed E-state index contributed by atoms with van der Waals surface area (Å²) in [5.74, 6) is 0.767. The van der Waals surface area contributed by atoms with Crippen LogP contribution < -0.4 is 10.2 Å². The van der Waals surface area contributed by atoms with E-state index >= 15 is 0 Å². The minimum absolute atomic E-state index is 0.767. The molecule has 2 heterocycles. The highest BCUT2D eigenvalue weighted by molar-refractivity contribution is 7.13. The van der Waals surface area contributed by atoms with Gasteiger partial charge in [0.1, 0.15) is 0 Å². The van der Waals surface area contributed by atoms with Gasteiger partial charge >= 0.3 is 0 Å². The zero-order chi connectivity index (χ0) is 13.0. The van der Waals surface area contributed by atoms with Crippen LogP contribution in [0.4, 0.5) is 5.95 Å². The fraction of sp³-hybridized carbons (Fsp3) is 0.385. The van der Waals surface area contributed by atoms with Crippen LogP contribution in [0.25, 0.3) is 10.4 Å². The number of nitrogens with one attached hydrogen (secondary N) is 1. The van der Waals surface area contributed by atoms with Crippen molar-refractivity contribution in [2.75, 3.05) is 32.1 Å². The van der Waals surface area contributed by atoms with Crippen LogP contribution in [0.5, 0.6) is 0 Å². The fourth-order valence-corrected chi connectivity index (χ4v) is 2.59. The summed E-state index contributed by atoms with van der Waals surface area (Å²) in [6, 6.07) is 2.12. The van der Waals surface area contributed by atoms with Gasteiger partial charge in [-0.25, -0.2) is 9.97 Å². The highest BCUT2D eigenvalue weighted by atomic mass is 32.1. The number of hydrogen-bond donors (Lipinski definition) is 1. The molecule has 2 aromatic rings. The van der Waals surface area contributed by atoms with E-state index in [0.717, 1.165) is 24.6 Å². The largest absolute Gasteiger partial charge is 0.343 e. The molecule has 0 aromatic carbocycles. The second-order valence-electron chi connectivity index (χ2n) is 4.23. The molecule has 0 spiro atoms. The molecule has 96 valence electrons. The molecular weight excluding hydrogens is 244 g/mol. The molecule has 0 saturated carbocycles. The Morgan fingerprint density at radius 3 is 2.61 bits per heavy atom. The Bertz CT molecular complexity index is 492. The van der Waals surface area contributed by atoms with Gasteiger partial charge in [0, 0.05) is 43.0 Å². The fourth-order valence-electron chi connectivity index (χ4n) is 1.68. The molecule has 0 amide bonds. The van der Waals surface area contributed by atoms with E-state index in [0.29, 0.717) is 0 Å². The van der Waals surface area contributed by atoms with Crippen molar-refractivity contribution in [1.82, 2.24) is 15.3 Å². The molecule has 5 heteroatoms. The number of thiophene rings is 1. The first-order valence-corrected chi connectivity index (χ1v) is 6.82. The molecule has 1 N–H and O–H groups in total. The molecule has 0 radical (unpaired) electrons. The topological polar surface area (TPSA) is 41.0 Å². The van der Waals surface area contributed by atoms with E-state index in [-0.39, 0.29) is 0 Å². The average Bonchev–Trinajstić information content (AvgIpc) is 2.82. The molecule has 2 rings (SSSR count). The molecule has 18 heavy (non-hydrogen) atoms. The van der Waals surface area contributed by atoms with Crippen LogP contribution >= 0.6 is 11.3 Å². The lowest BCUT2D eigenvalue weighted by Crippen LogP contribution is -2.28. The van der Waals surface area contributed by atoms with Gasteiger partial charge in [-0.3, -0.25) is 0 Å². The van der Waals surface area contributed by atoms with E-state index in [9.17, 15) is 0 Å². The summed E-state index contributed by atoms with van der Waals surface area (Å²) in [7, 11) is 3.94. The van der Waals surface area contributed by atoms with E-state index in [2.05, 4.69) is 33.7 Å². The zero-order valence-corrected chi connectivity index (χ0v) is 11.8. The standard InChI is InChI=1S/C13H18N4S/c1-10-4-7-18-12(10)11-8-15-13(16-9-11)17(3)6-5-14-2/h4,7-9,14H,5-6H2,1-3H3. The van der Waals surface area contributed by atoms with E-state index in [1.54, 1.807) is 11.3 Å². The third-order valence-corrected chi connectivity index (χ3v) is 3.87. The van der Waals surface area contributed by atoms with Gasteiger partial charge in [0.05, 0.1) is 0 Å². The predicted octanol–water partition coefficient (Wildman–Crippen LogP) is 2.17. The number of rotatable bonds is 5. The Labute approximate surface area is 112 Å². The van der Waals surface area contributed by atoms with Crippen LogP contribution in [-0.4, -0.2) is 37.2 Å². The molecule has 0 fully saturated rings. The van der Waals surface area contributed by atoms with Crippen molar-refractivity contribution in [3.63, 3.8) is 0 Å². The highest BCUT2D eigenvalue weighted by Crippen LogP contribution is 2.28. The monoisotopic (exact) mass is 262 g/mol. The number of anilines is 1. The molecule has 0 aliphatic heterocycles. The Hall–Kier alpha value is -1.46. The minimum Gasteiger partial charge on any atom is -0.343 e. The third kappa shape index (κ3) is 2.86. The van der Waals surface area contributed by atoms with Gasteiger partial charge in [0.2, 0.25) is 5.95 Å². The van der Waals surface area contributed by atoms with Crippen molar-refractivity contribution in [2.24, 2.45) is 0 Å². The van der Waals surface area contributed by atoms with Crippen molar-refractivity contribution in [2.45, 2.75) is 6.92 Å². The van der Waals surface area contributed by atoms with Gasteiger partial charge in [0.25, 0.3) is 0 Å². The van der Waals surface area contributed by atoms with E-state index in [1.807, 2.05) is 31.4 Å². The first-order chi connectivity index (χ1) is 8.72. The molecule has 0 aliphatic rings. The maximum atomic E-state index is 4.42. The normalized spacial score (nSPS) is 10.6.